The first kappa shape index (κ1) is 9.29. The summed E-state index contributed by atoms with van der Waals surface area (Å²) in [5, 5.41) is 6.04. The molecule has 0 fully saturated rings. The molecule has 12 heavy (non-hydrogen) atoms. The molecule has 0 amide bonds. The molecule has 0 spiro atoms. The van der Waals surface area contributed by atoms with Crippen LogP contribution in [0.15, 0.2) is 18.2 Å². The largest absolute Gasteiger partial charge is 0.372 e. The number of halogens is 2. The molecule has 4 heteroatoms. The summed E-state index contributed by atoms with van der Waals surface area (Å²) in [6.07, 6.45) is 0. The molecular formula is C8H10ClFN2. The van der Waals surface area contributed by atoms with Crippen LogP contribution in [0.1, 0.15) is 0 Å². The zero-order valence-corrected chi connectivity index (χ0v) is 7.45. The summed E-state index contributed by atoms with van der Waals surface area (Å²) in [7, 11) is 1.82. The summed E-state index contributed by atoms with van der Waals surface area (Å²) < 4.78 is 12.6. The smallest absolute Gasteiger partial charge is 0.141 e. The highest BCUT2D eigenvalue weighted by molar-refractivity contribution is 6.31. The van der Waals surface area contributed by atoms with Crippen LogP contribution in [0, 0.1) is 5.82 Å². The number of hydrogen-bond acceptors (Lipinski definition) is 2. The van der Waals surface area contributed by atoms with E-state index >= 15 is 0 Å². The maximum atomic E-state index is 12.6. The highest BCUT2D eigenvalue weighted by Crippen LogP contribution is 2.18. The minimum atomic E-state index is -0.397. The van der Waals surface area contributed by atoms with Gasteiger partial charge in [-0.15, -0.1) is 0 Å². The Morgan fingerprint density at radius 3 is 2.83 bits per heavy atom. The minimum Gasteiger partial charge on any atom is -0.372 e. The molecule has 0 unspecified atom stereocenters. The van der Waals surface area contributed by atoms with Gasteiger partial charge >= 0.3 is 0 Å². The standard InChI is InChI=1S/C8H10ClFN2/c1-11-5-12-6-2-3-8(10)7(9)4-6/h2-4,11-12H,5H2,1H3. The fraction of sp³-hybridized carbons (Fsp3) is 0.250. The molecule has 2 nitrogen and oxygen atoms in total. The summed E-state index contributed by atoms with van der Waals surface area (Å²) in [4.78, 5) is 0. The summed E-state index contributed by atoms with van der Waals surface area (Å²) in [5.41, 5.74) is 0.802. The number of nitrogens with one attached hydrogen (secondary N) is 2. The third kappa shape index (κ3) is 2.36. The molecule has 2 N–H and O–H groups in total. The van der Waals surface area contributed by atoms with E-state index < -0.39 is 5.82 Å². The Labute approximate surface area is 75.7 Å². The number of benzene rings is 1. The van der Waals surface area contributed by atoms with Crippen LogP contribution in [0.5, 0.6) is 0 Å². The summed E-state index contributed by atoms with van der Waals surface area (Å²) in [6, 6.07) is 4.52. The highest BCUT2D eigenvalue weighted by atomic mass is 35.5. The van der Waals surface area contributed by atoms with Crippen molar-refractivity contribution in [1.29, 1.82) is 0 Å². The van der Waals surface area contributed by atoms with Crippen LogP contribution in [0.4, 0.5) is 10.1 Å². The zero-order valence-electron chi connectivity index (χ0n) is 6.70. The van der Waals surface area contributed by atoms with Crippen molar-refractivity contribution in [1.82, 2.24) is 5.32 Å². The second kappa shape index (κ2) is 4.28. The van der Waals surface area contributed by atoms with E-state index in [0.29, 0.717) is 6.67 Å². The monoisotopic (exact) mass is 188 g/mol. The van der Waals surface area contributed by atoms with Crippen LogP contribution < -0.4 is 10.6 Å². The van der Waals surface area contributed by atoms with E-state index in [0.717, 1.165) is 5.69 Å². The Bertz CT molecular complexity index is 265. The Morgan fingerprint density at radius 1 is 1.50 bits per heavy atom. The summed E-state index contributed by atoms with van der Waals surface area (Å²) in [5.74, 6) is -0.397. The normalized spacial score (nSPS) is 9.92. The maximum Gasteiger partial charge on any atom is 0.141 e. The quantitative estimate of drug-likeness (QED) is 0.710. The van der Waals surface area contributed by atoms with Gasteiger partial charge in [0, 0.05) is 5.69 Å². The first-order valence-corrected chi connectivity index (χ1v) is 3.95. The first-order chi connectivity index (χ1) is 5.74. The van der Waals surface area contributed by atoms with E-state index in [4.69, 9.17) is 11.6 Å². The van der Waals surface area contributed by atoms with Crippen molar-refractivity contribution in [3.05, 3.63) is 29.0 Å². The van der Waals surface area contributed by atoms with Gasteiger partial charge < -0.3 is 10.6 Å². The average molecular weight is 189 g/mol. The van der Waals surface area contributed by atoms with Gasteiger partial charge in [0.25, 0.3) is 0 Å². The van der Waals surface area contributed by atoms with Crippen LogP contribution in [0.2, 0.25) is 5.02 Å². The van der Waals surface area contributed by atoms with Gasteiger partial charge in [-0.05, 0) is 25.2 Å². The molecule has 0 aliphatic heterocycles. The minimum absolute atomic E-state index is 0.135. The van der Waals surface area contributed by atoms with Gasteiger partial charge in [-0.25, -0.2) is 4.39 Å². The lowest BCUT2D eigenvalue weighted by molar-refractivity contribution is 0.628. The molecule has 0 aliphatic rings. The molecule has 1 aromatic rings. The molecule has 66 valence electrons. The lowest BCUT2D eigenvalue weighted by Crippen LogP contribution is -2.16. The molecule has 1 rings (SSSR count). The van der Waals surface area contributed by atoms with Gasteiger partial charge in [0.05, 0.1) is 11.7 Å². The van der Waals surface area contributed by atoms with E-state index in [1.54, 1.807) is 12.1 Å². The zero-order chi connectivity index (χ0) is 8.97. The second-order valence-corrected chi connectivity index (χ2v) is 2.74. The van der Waals surface area contributed by atoms with Gasteiger partial charge in [0.1, 0.15) is 5.82 Å². The van der Waals surface area contributed by atoms with E-state index in [2.05, 4.69) is 10.6 Å². The maximum absolute atomic E-state index is 12.6. The van der Waals surface area contributed by atoms with Crippen molar-refractivity contribution in [2.45, 2.75) is 0 Å². The molecule has 0 atom stereocenters. The highest BCUT2D eigenvalue weighted by Gasteiger charge is 1.98. The van der Waals surface area contributed by atoms with Crippen LogP contribution in [0.3, 0.4) is 0 Å². The van der Waals surface area contributed by atoms with Gasteiger partial charge in [0.15, 0.2) is 0 Å². The third-order valence-corrected chi connectivity index (χ3v) is 1.68. The molecule has 0 bridgehead atoms. The third-order valence-electron chi connectivity index (χ3n) is 1.39. The van der Waals surface area contributed by atoms with Crippen LogP contribution in [0.25, 0.3) is 0 Å². The molecule has 0 saturated carbocycles. The lowest BCUT2D eigenvalue weighted by atomic mass is 10.3. The fourth-order valence-electron chi connectivity index (χ4n) is 0.797. The van der Waals surface area contributed by atoms with Gasteiger partial charge in [-0.3, -0.25) is 0 Å². The van der Waals surface area contributed by atoms with E-state index in [1.165, 1.54) is 6.07 Å². The van der Waals surface area contributed by atoms with Crippen molar-refractivity contribution in [2.24, 2.45) is 0 Å². The Kier molecular flexibility index (Phi) is 3.31. The Balaban J connectivity index is 2.69. The molecule has 0 aromatic heterocycles. The lowest BCUT2D eigenvalue weighted by Gasteiger charge is -2.05. The van der Waals surface area contributed by atoms with Gasteiger partial charge in [-0.2, -0.15) is 0 Å². The predicted octanol–water partition coefficient (Wildman–Crippen LogP) is 2.07. The molecule has 0 radical (unpaired) electrons. The van der Waals surface area contributed by atoms with Crippen LogP contribution >= 0.6 is 11.6 Å². The fourth-order valence-corrected chi connectivity index (χ4v) is 0.977. The summed E-state index contributed by atoms with van der Waals surface area (Å²) >= 11 is 5.56. The number of hydrogen-bond donors (Lipinski definition) is 2. The van der Waals surface area contributed by atoms with Crippen molar-refractivity contribution in [3.8, 4) is 0 Å². The predicted molar refractivity (Wildman–Crippen MR) is 49.0 cm³/mol. The van der Waals surface area contributed by atoms with Crippen molar-refractivity contribution >= 4 is 17.3 Å². The van der Waals surface area contributed by atoms with Crippen molar-refractivity contribution < 1.29 is 4.39 Å². The summed E-state index contributed by atoms with van der Waals surface area (Å²) in [6.45, 7) is 0.627. The van der Waals surface area contributed by atoms with Crippen LogP contribution in [-0.4, -0.2) is 13.7 Å². The van der Waals surface area contributed by atoms with E-state index in [1.807, 2.05) is 7.05 Å². The Morgan fingerprint density at radius 2 is 2.25 bits per heavy atom. The first-order valence-electron chi connectivity index (χ1n) is 3.57. The average Bonchev–Trinajstić information content (AvgIpc) is 2.07. The molecule has 0 saturated heterocycles. The van der Waals surface area contributed by atoms with Gasteiger partial charge in [0.2, 0.25) is 0 Å². The molecular weight excluding hydrogens is 179 g/mol. The second-order valence-electron chi connectivity index (χ2n) is 2.34. The SMILES string of the molecule is CNCNc1ccc(F)c(Cl)c1. The van der Waals surface area contributed by atoms with Crippen molar-refractivity contribution in [2.75, 3.05) is 19.0 Å². The Hall–Kier alpha value is -0.800. The van der Waals surface area contributed by atoms with Crippen molar-refractivity contribution in [3.63, 3.8) is 0 Å². The number of anilines is 1. The van der Waals surface area contributed by atoms with Crippen LogP contribution in [-0.2, 0) is 0 Å². The van der Waals surface area contributed by atoms with Gasteiger partial charge in [-0.1, -0.05) is 11.6 Å². The molecule has 1 aromatic carbocycles. The van der Waals surface area contributed by atoms with E-state index in [9.17, 15) is 4.39 Å². The topological polar surface area (TPSA) is 24.1 Å². The van der Waals surface area contributed by atoms with E-state index in [-0.39, 0.29) is 5.02 Å². The molecule has 0 heterocycles. The molecule has 0 aliphatic carbocycles. The number of rotatable bonds is 3.